The highest BCUT2D eigenvalue weighted by molar-refractivity contribution is 4.72. The van der Waals surface area contributed by atoms with E-state index in [2.05, 4.69) is 5.32 Å². The van der Waals surface area contributed by atoms with E-state index in [0.717, 1.165) is 19.6 Å². The van der Waals surface area contributed by atoms with Gasteiger partial charge in [0.25, 0.3) is 0 Å². The lowest BCUT2D eigenvalue weighted by atomic mass is 10.2. The molecule has 0 aromatic heterocycles. The standard InChI is InChI=1S/C7H15NO2/c1-6-4-8-7(2-3-9)5-10-6/h6-9H,2-5H2,1H3/t6?,7-/m0/s1. The van der Waals surface area contributed by atoms with E-state index in [1.54, 1.807) is 0 Å². The van der Waals surface area contributed by atoms with Crippen LogP contribution < -0.4 is 5.32 Å². The first kappa shape index (κ1) is 7.98. The highest BCUT2D eigenvalue weighted by Gasteiger charge is 2.16. The van der Waals surface area contributed by atoms with Crippen molar-refractivity contribution in [2.45, 2.75) is 25.5 Å². The minimum absolute atomic E-state index is 0.245. The average Bonchev–Trinajstić information content (AvgIpc) is 1.95. The minimum Gasteiger partial charge on any atom is -0.396 e. The summed E-state index contributed by atoms with van der Waals surface area (Å²) in [4.78, 5) is 0. The third-order valence-electron chi connectivity index (χ3n) is 1.75. The molecule has 1 aliphatic rings. The lowest BCUT2D eigenvalue weighted by Crippen LogP contribution is -2.45. The van der Waals surface area contributed by atoms with Crippen LogP contribution in [0.4, 0.5) is 0 Å². The van der Waals surface area contributed by atoms with Crippen LogP contribution in [-0.4, -0.2) is 37.0 Å². The van der Waals surface area contributed by atoms with Gasteiger partial charge in [-0.05, 0) is 13.3 Å². The van der Waals surface area contributed by atoms with E-state index in [1.165, 1.54) is 0 Å². The minimum atomic E-state index is 0.245. The van der Waals surface area contributed by atoms with Gasteiger partial charge in [-0.1, -0.05) is 0 Å². The molecule has 0 amide bonds. The maximum absolute atomic E-state index is 8.59. The highest BCUT2D eigenvalue weighted by Crippen LogP contribution is 2.02. The van der Waals surface area contributed by atoms with Gasteiger partial charge >= 0.3 is 0 Å². The molecule has 1 heterocycles. The Hall–Kier alpha value is -0.120. The zero-order valence-electron chi connectivity index (χ0n) is 6.34. The van der Waals surface area contributed by atoms with Crippen LogP contribution in [0.25, 0.3) is 0 Å². The van der Waals surface area contributed by atoms with E-state index in [4.69, 9.17) is 9.84 Å². The summed E-state index contributed by atoms with van der Waals surface area (Å²) in [5, 5.41) is 11.9. The molecule has 1 rings (SSSR count). The summed E-state index contributed by atoms with van der Waals surface area (Å²) in [6, 6.07) is 0.362. The van der Waals surface area contributed by atoms with Gasteiger partial charge in [-0.3, -0.25) is 0 Å². The third kappa shape index (κ3) is 2.25. The Labute approximate surface area is 61.4 Å². The zero-order chi connectivity index (χ0) is 7.40. The maximum atomic E-state index is 8.59. The predicted octanol–water partition coefficient (Wildman–Crippen LogP) is -0.254. The summed E-state index contributed by atoms with van der Waals surface area (Å²) >= 11 is 0. The number of aliphatic hydroxyl groups excluding tert-OH is 1. The summed E-state index contributed by atoms with van der Waals surface area (Å²) in [6.07, 6.45) is 1.13. The number of nitrogens with one attached hydrogen (secondary N) is 1. The Balaban J connectivity index is 2.13. The van der Waals surface area contributed by atoms with Gasteiger partial charge in [0.15, 0.2) is 0 Å². The quantitative estimate of drug-likeness (QED) is 0.563. The summed E-state index contributed by atoms with van der Waals surface area (Å²) in [7, 11) is 0. The van der Waals surface area contributed by atoms with Crippen LogP contribution in [0.5, 0.6) is 0 Å². The van der Waals surface area contributed by atoms with Crippen molar-refractivity contribution >= 4 is 0 Å². The molecule has 0 aromatic carbocycles. The van der Waals surface area contributed by atoms with Crippen LogP contribution >= 0.6 is 0 Å². The largest absolute Gasteiger partial charge is 0.396 e. The van der Waals surface area contributed by atoms with Crippen molar-refractivity contribution in [2.75, 3.05) is 19.8 Å². The topological polar surface area (TPSA) is 41.5 Å². The molecule has 60 valence electrons. The molecule has 0 saturated carbocycles. The first-order chi connectivity index (χ1) is 4.83. The van der Waals surface area contributed by atoms with Gasteiger partial charge in [0.2, 0.25) is 0 Å². The van der Waals surface area contributed by atoms with Crippen molar-refractivity contribution in [1.29, 1.82) is 0 Å². The normalized spacial score (nSPS) is 34.2. The second kappa shape index (κ2) is 3.91. The molecule has 1 saturated heterocycles. The fraction of sp³-hybridized carbons (Fsp3) is 1.00. The maximum Gasteiger partial charge on any atom is 0.0672 e. The number of ether oxygens (including phenoxy) is 1. The number of hydrogen-bond acceptors (Lipinski definition) is 3. The van der Waals surface area contributed by atoms with E-state index in [-0.39, 0.29) is 6.61 Å². The van der Waals surface area contributed by atoms with Crippen LogP contribution in [0.2, 0.25) is 0 Å². The number of aliphatic hydroxyl groups is 1. The second-order valence-corrected chi connectivity index (χ2v) is 2.76. The third-order valence-corrected chi connectivity index (χ3v) is 1.75. The lowest BCUT2D eigenvalue weighted by molar-refractivity contribution is 0.00995. The van der Waals surface area contributed by atoms with E-state index in [1.807, 2.05) is 6.92 Å². The van der Waals surface area contributed by atoms with Crippen molar-refractivity contribution in [1.82, 2.24) is 5.32 Å². The van der Waals surface area contributed by atoms with Crippen LogP contribution in [0.1, 0.15) is 13.3 Å². The van der Waals surface area contributed by atoms with E-state index in [0.29, 0.717) is 12.1 Å². The molecule has 0 spiro atoms. The van der Waals surface area contributed by atoms with Gasteiger partial charge < -0.3 is 15.2 Å². The van der Waals surface area contributed by atoms with Crippen LogP contribution in [0, 0.1) is 0 Å². The molecule has 0 aliphatic carbocycles. The Morgan fingerprint density at radius 1 is 1.70 bits per heavy atom. The molecular formula is C7H15NO2. The van der Waals surface area contributed by atoms with Crippen molar-refractivity contribution in [3.05, 3.63) is 0 Å². The Kier molecular flexibility index (Phi) is 3.12. The SMILES string of the molecule is CC1CN[C@@H](CCO)CO1. The second-order valence-electron chi connectivity index (χ2n) is 2.76. The fourth-order valence-corrected chi connectivity index (χ4v) is 1.07. The first-order valence-electron chi connectivity index (χ1n) is 3.78. The lowest BCUT2D eigenvalue weighted by Gasteiger charge is -2.27. The van der Waals surface area contributed by atoms with Gasteiger partial charge in [-0.2, -0.15) is 0 Å². The summed E-state index contributed by atoms with van der Waals surface area (Å²) in [5.74, 6) is 0. The molecular weight excluding hydrogens is 130 g/mol. The molecule has 3 heteroatoms. The van der Waals surface area contributed by atoms with Gasteiger partial charge in [-0.25, -0.2) is 0 Å². The molecule has 0 radical (unpaired) electrons. The van der Waals surface area contributed by atoms with Crippen LogP contribution in [0.3, 0.4) is 0 Å². The predicted molar refractivity (Wildman–Crippen MR) is 38.9 cm³/mol. The highest BCUT2D eigenvalue weighted by atomic mass is 16.5. The van der Waals surface area contributed by atoms with E-state index in [9.17, 15) is 0 Å². The van der Waals surface area contributed by atoms with Gasteiger partial charge in [-0.15, -0.1) is 0 Å². The smallest absolute Gasteiger partial charge is 0.0672 e. The number of rotatable bonds is 2. The molecule has 0 bridgehead atoms. The van der Waals surface area contributed by atoms with Gasteiger partial charge in [0.05, 0.1) is 12.7 Å². The molecule has 2 N–H and O–H groups in total. The Morgan fingerprint density at radius 2 is 2.50 bits per heavy atom. The Morgan fingerprint density at radius 3 is 3.00 bits per heavy atom. The summed E-state index contributed by atoms with van der Waals surface area (Å²) in [5.41, 5.74) is 0. The van der Waals surface area contributed by atoms with Crippen LogP contribution in [0.15, 0.2) is 0 Å². The van der Waals surface area contributed by atoms with Gasteiger partial charge in [0.1, 0.15) is 0 Å². The molecule has 1 aliphatic heterocycles. The summed E-state index contributed by atoms with van der Waals surface area (Å²) in [6.45, 7) is 3.93. The first-order valence-corrected chi connectivity index (χ1v) is 3.78. The van der Waals surface area contributed by atoms with Crippen molar-refractivity contribution in [3.8, 4) is 0 Å². The molecule has 1 unspecified atom stereocenters. The number of hydrogen-bond donors (Lipinski definition) is 2. The number of morpholine rings is 1. The van der Waals surface area contributed by atoms with Crippen molar-refractivity contribution < 1.29 is 9.84 Å². The zero-order valence-corrected chi connectivity index (χ0v) is 6.34. The molecule has 1 fully saturated rings. The molecule has 2 atom stereocenters. The average molecular weight is 145 g/mol. The van der Waals surface area contributed by atoms with Crippen molar-refractivity contribution in [3.63, 3.8) is 0 Å². The summed E-state index contributed by atoms with van der Waals surface area (Å²) < 4.78 is 5.37. The Bertz CT molecular complexity index is 89.6. The van der Waals surface area contributed by atoms with E-state index < -0.39 is 0 Å². The van der Waals surface area contributed by atoms with Crippen molar-refractivity contribution in [2.24, 2.45) is 0 Å². The monoisotopic (exact) mass is 145 g/mol. The van der Waals surface area contributed by atoms with E-state index >= 15 is 0 Å². The fourth-order valence-electron chi connectivity index (χ4n) is 1.07. The van der Waals surface area contributed by atoms with Gasteiger partial charge in [0, 0.05) is 19.2 Å². The van der Waals surface area contributed by atoms with Crippen LogP contribution in [-0.2, 0) is 4.74 Å². The molecule has 10 heavy (non-hydrogen) atoms. The molecule has 0 aromatic rings. The molecule has 3 nitrogen and oxygen atoms in total.